The molecule has 0 fully saturated rings. The summed E-state index contributed by atoms with van der Waals surface area (Å²) in [6.45, 7) is 2.28. The molecule has 5 heteroatoms. The Morgan fingerprint density at radius 2 is 1.86 bits per heavy atom. The van der Waals surface area contributed by atoms with E-state index in [0.717, 1.165) is 44.5 Å². The van der Waals surface area contributed by atoms with Crippen LogP contribution in [0.25, 0.3) is 0 Å². The zero-order chi connectivity index (χ0) is 15.2. The van der Waals surface area contributed by atoms with Crippen molar-refractivity contribution in [3.05, 3.63) is 52.7 Å². The second-order valence-corrected chi connectivity index (χ2v) is 5.53. The highest BCUT2D eigenvalue weighted by Gasteiger charge is 2.08. The molecular weight excluding hydrogens is 273 g/mol. The molecule has 0 bridgehead atoms. The van der Waals surface area contributed by atoms with E-state index in [4.69, 9.17) is 12.6 Å². The predicted molar refractivity (Wildman–Crippen MR) is 87.4 cm³/mol. The Labute approximate surface area is 132 Å². The highest BCUT2D eigenvalue weighted by molar-refractivity contribution is 6.08. The Balaban J connectivity index is 1.62. The molecule has 0 saturated carbocycles. The average Bonchev–Trinajstić information content (AvgIpc) is 2.79. The minimum absolute atomic E-state index is 0.123. The van der Waals surface area contributed by atoms with E-state index in [2.05, 4.69) is 33.7 Å². The molecule has 4 nitrogen and oxygen atoms in total. The Morgan fingerprint density at radius 1 is 1.00 bits per heavy atom. The number of benzene rings is 1. The molecule has 112 valence electrons. The standard InChI is InChI=1S/C17H20BN3O/c18-12-22-17-6-5-16(20-21-17)4-2-13-1-3-14-7-9-19-10-8-15(14)11-13/h1,3,5-6,11,19H,2,4,7-10,12H2. The van der Waals surface area contributed by atoms with E-state index in [-0.39, 0.29) is 6.51 Å². The van der Waals surface area contributed by atoms with Crippen molar-refractivity contribution in [2.75, 3.05) is 19.6 Å². The molecule has 0 atom stereocenters. The van der Waals surface area contributed by atoms with Gasteiger partial charge in [0.25, 0.3) is 0 Å². The minimum Gasteiger partial charge on any atom is -0.487 e. The minimum atomic E-state index is 0.123. The lowest BCUT2D eigenvalue weighted by Gasteiger charge is -2.08. The van der Waals surface area contributed by atoms with Gasteiger partial charge in [0.1, 0.15) is 7.85 Å². The summed E-state index contributed by atoms with van der Waals surface area (Å²) in [5.41, 5.74) is 5.31. The number of ether oxygens (including phenoxy) is 1. The fourth-order valence-electron chi connectivity index (χ4n) is 2.80. The number of nitrogens with zero attached hydrogens (tertiary/aromatic N) is 2. The first-order chi connectivity index (χ1) is 10.8. The highest BCUT2D eigenvalue weighted by atomic mass is 16.5. The molecule has 0 unspecified atom stereocenters. The lowest BCUT2D eigenvalue weighted by Crippen LogP contribution is -2.16. The number of fused-ring (bicyclic) bond motifs is 1. The smallest absolute Gasteiger partial charge is 0.232 e. The lowest BCUT2D eigenvalue weighted by molar-refractivity contribution is 0.366. The van der Waals surface area contributed by atoms with Crippen LogP contribution in [0.2, 0.25) is 0 Å². The van der Waals surface area contributed by atoms with E-state index in [0.29, 0.717) is 5.88 Å². The number of rotatable bonds is 5. The van der Waals surface area contributed by atoms with E-state index in [1.807, 2.05) is 12.1 Å². The van der Waals surface area contributed by atoms with Crippen LogP contribution in [0.3, 0.4) is 0 Å². The van der Waals surface area contributed by atoms with Crippen LogP contribution >= 0.6 is 0 Å². The van der Waals surface area contributed by atoms with Crippen molar-refractivity contribution in [2.24, 2.45) is 0 Å². The summed E-state index contributed by atoms with van der Waals surface area (Å²) >= 11 is 0. The second-order valence-electron chi connectivity index (χ2n) is 5.53. The molecule has 2 radical (unpaired) electrons. The van der Waals surface area contributed by atoms with Gasteiger partial charge in [-0.1, -0.05) is 18.2 Å². The third kappa shape index (κ3) is 3.86. The molecule has 0 spiro atoms. The quantitative estimate of drug-likeness (QED) is 0.848. The van der Waals surface area contributed by atoms with Crippen molar-refractivity contribution in [3.8, 4) is 5.88 Å². The summed E-state index contributed by atoms with van der Waals surface area (Å²) in [7, 11) is 5.31. The summed E-state index contributed by atoms with van der Waals surface area (Å²) in [5, 5.41) is 11.6. The fourth-order valence-corrected chi connectivity index (χ4v) is 2.80. The summed E-state index contributed by atoms with van der Waals surface area (Å²) in [5.74, 6) is 0.476. The van der Waals surface area contributed by atoms with Gasteiger partial charge in [0.05, 0.1) is 5.69 Å². The summed E-state index contributed by atoms with van der Waals surface area (Å²) < 4.78 is 5.10. The molecule has 1 N–H and O–H groups in total. The van der Waals surface area contributed by atoms with E-state index in [9.17, 15) is 0 Å². The normalized spacial score (nSPS) is 14.2. The molecule has 1 aromatic carbocycles. The van der Waals surface area contributed by atoms with Gasteiger partial charge >= 0.3 is 0 Å². The van der Waals surface area contributed by atoms with Gasteiger partial charge < -0.3 is 10.1 Å². The van der Waals surface area contributed by atoms with E-state index in [1.54, 1.807) is 0 Å². The summed E-state index contributed by atoms with van der Waals surface area (Å²) in [6, 6.07) is 10.6. The van der Waals surface area contributed by atoms with E-state index >= 15 is 0 Å². The van der Waals surface area contributed by atoms with Gasteiger partial charge in [-0.25, -0.2) is 0 Å². The van der Waals surface area contributed by atoms with Crippen LogP contribution in [0, 0.1) is 0 Å². The zero-order valence-corrected chi connectivity index (χ0v) is 12.7. The SMILES string of the molecule is [B]COc1ccc(CCc2ccc3c(c2)CCNCC3)nn1. The zero-order valence-electron chi connectivity index (χ0n) is 12.7. The maximum atomic E-state index is 5.31. The number of nitrogens with one attached hydrogen (secondary N) is 1. The van der Waals surface area contributed by atoms with Crippen molar-refractivity contribution < 1.29 is 4.74 Å². The largest absolute Gasteiger partial charge is 0.487 e. The molecule has 1 aliphatic heterocycles. The van der Waals surface area contributed by atoms with Crippen LogP contribution < -0.4 is 10.1 Å². The maximum absolute atomic E-state index is 5.31. The van der Waals surface area contributed by atoms with Gasteiger partial charge in [-0.05, 0) is 61.5 Å². The third-order valence-electron chi connectivity index (χ3n) is 4.01. The fraction of sp³-hybridized carbons (Fsp3) is 0.412. The molecule has 3 rings (SSSR count). The summed E-state index contributed by atoms with van der Waals surface area (Å²) in [4.78, 5) is 0. The lowest BCUT2D eigenvalue weighted by atomic mass is 9.98. The molecule has 0 aliphatic carbocycles. The number of aryl methyl sites for hydroxylation is 2. The number of hydrogen-bond donors (Lipinski definition) is 1. The molecule has 0 saturated heterocycles. The Bertz CT molecular complexity index is 616. The van der Waals surface area contributed by atoms with Crippen LogP contribution in [0.15, 0.2) is 30.3 Å². The third-order valence-corrected chi connectivity index (χ3v) is 4.01. The van der Waals surface area contributed by atoms with Crippen molar-refractivity contribution in [1.82, 2.24) is 15.5 Å². The van der Waals surface area contributed by atoms with Crippen LogP contribution in [-0.2, 0) is 25.7 Å². The Kier molecular flexibility index (Phi) is 5.06. The predicted octanol–water partition coefficient (Wildman–Crippen LogP) is 1.45. The van der Waals surface area contributed by atoms with Gasteiger partial charge in [-0.3, -0.25) is 0 Å². The van der Waals surface area contributed by atoms with Crippen molar-refractivity contribution in [1.29, 1.82) is 0 Å². The second kappa shape index (κ2) is 7.41. The highest BCUT2D eigenvalue weighted by Crippen LogP contribution is 2.17. The first kappa shape index (κ1) is 15.0. The molecule has 2 aromatic rings. The van der Waals surface area contributed by atoms with E-state index in [1.165, 1.54) is 16.7 Å². The maximum Gasteiger partial charge on any atom is 0.232 e. The number of hydrogen-bond acceptors (Lipinski definition) is 4. The Morgan fingerprint density at radius 3 is 2.64 bits per heavy atom. The van der Waals surface area contributed by atoms with Crippen LogP contribution in [0.1, 0.15) is 22.4 Å². The van der Waals surface area contributed by atoms with Crippen LogP contribution in [0.4, 0.5) is 0 Å². The van der Waals surface area contributed by atoms with E-state index < -0.39 is 0 Å². The molecular formula is C17H20BN3O. The molecule has 22 heavy (non-hydrogen) atoms. The van der Waals surface area contributed by atoms with Gasteiger partial charge in [0.15, 0.2) is 0 Å². The van der Waals surface area contributed by atoms with Crippen molar-refractivity contribution >= 4 is 7.85 Å². The molecule has 1 aliphatic rings. The first-order valence-corrected chi connectivity index (χ1v) is 7.82. The topological polar surface area (TPSA) is 47.0 Å². The monoisotopic (exact) mass is 293 g/mol. The van der Waals surface area contributed by atoms with Gasteiger partial charge in [0.2, 0.25) is 5.88 Å². The van der Waals surface area contributed by atoms with Crippen molar-refractivity contribution in [3.63, 3.8) is 0 Å². The van der Waals surface area contributed by atoms with Gasteiger partial charge in [0, 0.05) is 12.6 Å². The van der Waals surface area contributed by atoms with Crippen LogP contribution in [-0.4, -0.2) is 37.6 Å². The Hall–Kier alpha value is -1.88. The molecule has 1 aromatic heterocycles. The van der Waals surface area contributed by atoms with Crippen LogP contribution in [0.5, 0.6) is 5.88 Å². The van der Waals surface area contributed by atoms with Gasteiger partial charge in [-0.2, -0.15) is 5.10 Å². The van der Waals surface area contributed by atoms with Gasteiger partial charge in [-0.15, -0.1) is 5.10 Å². The van der Waals surface area contributed by atoms with Crippen molar-refractivity contribution in [2.45, 2.75) is 25.7 Å². The molecule has 0 amide bonds. The average molecular weight is 293 g/mol. The molecule has 2 heterocycles. The first-order valence-electron chi connectivity index (χ1n) is 7.82. The summed E-state index contributed by atoms with van der Waals surface area (Å²) in [6.07, 6.45) is 4.11. The number of aromatic nitrogens is 2.